The van der Waals surface area contributed by atoms with Crippen LogP contribution in [0.15, 0.2) is 29.2 Å². The number of hydrogen-bond donors (Lipinski definition) is 1. The van der Waals surface area contributed by atoms with Gasteiger partial charge in [0, 0.05) is 19.1 Å². The van der Waals surface area contributed by atoms with Crippen LogP contribution in [0.4, 0.5) is 5.69 Å². The van der Waals surface area contributed by atoms with Gasteiger partial charge in [0.25, 0.3) is 0 Å². The van der Waals surface area contributed by atoms with E-state index in [1.54, 1.807) is 16.4 Å². The zero-order valence-corrected chi connectivity index (χ0v) is 14.6. The third kappa shape index (κ3) is 4.71. The Morgan fingerprint density at radius 3 is 2.29 bits per heavy atom. The van der Waals surface area contributed by atoms with Crippen LogP contribution in [0.5, 0.6) is 0 Å². The molecule has 0 atom stereocenters. The topological polar surface area (TPSA) is 49.4 Å². The molecule has 0 spiro atoms. The number of nitrogens with one attached hydrogen (secondary N) is 1. The lowest BCUT2D eigenvalue weighted by atomic mass is 10.2. The summed E-state index contributed by atoms with van der Waals surface area (Å²) in [5, 5.41) is 3.21. The summed E-state index contributed by atoms with van der Waals surface area (Å²) in [6, 6.07) is 7.09. The fraction of sp³-hybridized carbons (Fsp3) is 0.625. The first-order chi connectivity index (χ1) is 9.80. The van der Waals surface area contributed by atoms with Gasteiger partial charge in [0.2, 0.25) is 10.0 Å². The van der Waals surface area contributed by atoms with Crippen LogP contribution in [0, 0.1) is 5.92 Å². The number of hydrogen-bond acceptors (Lipinski definition) is 3. The van der Waals surface area contributed by atoms with Crippen LogP contribution < -0.4 is 5.32 Å². The van der Waals surface area contributed by atoms with Gasteiger partial charge in [0.15, 0.2) is 0 Å². The van der Waals surface area contributed by atoms with Gasteiger partial charge in [-0.2, -0.15) is 4.31 Å². The Hall–Kier alpha value is -1.07. The summed E-state index contributed by atoms with van der Waals surface area (Å²) >= 11 is 0. The molecule has 1 N–H and O–H groups in total. The first-order valence-electron chi connectivity index (χ1n) is 7.65. The molecule has 0 radical (unpaired) electrons. The van der Waals surface area contributed by atoms with Gasteiger partial charge >= 0.3 is 0 Å². The van der Waals surface area contributed by atoms with Gasteiger partial charge in [-0.25, -0.2) is 8.42 Å². The maximum absolute atomic E-state index is 13.0. The van der Waals surface area contributed by atoms with Crippen molar-refractivity contribution < 1.29 is 8.42 Å². The van der Waals surface area contributed by atoms with Crippen molar-refractivity contribution >= 4 is 15.7 Å². The van der Waals surface area contributed by atoms with Gasteiger partial charge in [-0.15, -0.1) is 0 Å². The van der Waals surface area contributed by atoms with E-state index < -0.39 is 10.0 Å². The largest absolute Gasteiger partial charge is 0.384 e. The molecule has 0 unspecified atom stereocenters. The van der Waals surface area contributed by atoms with Gasteiger partial charge in [-0.3, -0.25) is 0 Å². The monoisotopic (exact) mass is 312 g/mol. The van der Waals surface area contributed by atoms with E-state index in [0.29, 0.717) is 17.1 Å². The van der Waals surface area contributed by atoms with E-state index in [1.807, 2.05) is 39.8 Å². The molecule has 0 saturated heterocycles. The smallest absolute Gasteiger partial charge is 0.245 e. The molecule has 21 heavy (non-hydrogen) atoms. The Kier molecular flexibility index (Phi) is 6.68. The van der Waals surface area contributed by atoms with Crippen LogP contribution in [-0.2, 0) is 10.0 Å². The maximum Gasteiger partial charge on any atom is 0.245 e. The maximum atomic E-state index is 13.0. The highest BCUT2D eigenvalue weighted by atomic mass is 32.2. The van der Waals surface area contributed by atoms with E-state index in [1.165, 1.54) is 0 Å². The summed E-state index contributed by atoms with van der Waals surface area (Å²) in [5.74, 6) is 0.290. The third-order valence-corrected chi connectivity index (χ3v) is 5.26. The van der Waals surface area contributed by atoms with Gasteiger partial charge < -0.3 is 5.32 Å². The molecule has 0 aromatic heterocycles. The molecule has 0 aliphatic carbocycles. The number of sulfonamides is 1. The fourth-order valence-electron chi connectivity index (χ4n) is 2.17. The molecule has 1 aromatic rings. The van der Waals surface area contributed by atoms with Crippen LogP contribution in [-0.4, -0.2) is 31.9 Å². The molecule has 0 heterocycles. The van der Waals surface area contributed by atoms with Crippen molar-refractivity contribution in [2.45, 2.75) is 52.0 Å². The highest BCUT2D eigenvalue weighted by molar-refractivity contribution is 7.89. The zero-order chi connectivity index (χ0) is 16.0. The lowest BCUT2D eigenvalue weighted by molar-refractivity contribution is 0.319. The number of anilines is 1. The Bertz CT molecular complexity index is 539. The Balaban J connectivity index is 3.21. The van der Waals surface area contributed by atoms with Gasteiger partial charge in [-0.1, -0.05) is 32.9 Å². The number of nitrogens with zero attached hydrogens (tertiary/aromatic N) is 1. The summed E-state index contributed by atoms with van der Waals surface area (Å²) in [6.45, 7) is 11.3. The van der Waals surface area contributed by atoms with Crippen LogP contribution in [0.2, 0.25) is 0 Å². The predicted octanol–water partition coefficient (Wildman–Crippen LogP) is 3.56. The second-order valence-corrected chi connectivity index (χ2v) is 7.84. The lowest BCUT2D eigenvalue weighted by Crippen LogP contribution is -2.39. The standard InChI is InChI=1S/C16H28N2O2S/c1-6-11-17-15-9-7-8-10-16(15)21(19,20)18(14(4)5)12-13(2)3/h7-10,13-14,17H,6,11-12H2,1-5H3. The predicted molar refractivity (Wildman–Crippen MR) is 89.1 cm³/mol. The Labute approximate surface area is 129 Å². The quantitative estimate of drug-likeness (QED) is 0.798. The minimum Gasteiger partial charge on any atom is -0.384 e. The van der Waals surface area contributed by atoms with Crippen molar-refractivity contribution in [1.82, 2.24) is 4.31 Å². The second-order valence-electron chi connectivity index (χ2n) is 5.99. The van der Waals surface area contributed by atoms with Gasteiger partial charge in [0.05, 0.1) is 5.69 Å². The molecular weight excluding hydrogens is 284 g/mol. The first kappa shape index (κ1) is 18.0. The molecule has 0 amide bonds. The number of benzene rings is 1. The summed E-state index contributed by atoms with van der Waals surface area (Å²) < 4.78 is 27.5. The highest BCUT2D eigenvalue weighted by Crippen LogP contribution is 2.26. The summed E-state index contributed by atoms with van der Waals surface area (Å²) in [7, 11) is -3.49. The minimum absolute atomic E-state index is 0.0587. The number of para-hydroxylation sites is 1. The summed E-state index contributed by atoms with van der Waals surface area (Å²) in [4.78, 5) is 0.368. The van der Waals surface area contributed by atoms with E-state index in [2.05, 4.69) is 12.2 Å². The third-order valence-electron chi connectivity index (χ3n) is 3.16. The lowest BCUT2D eigenvalue weighted by Gasteiger charge is -2.28. The molecule has 0 saturated carbocycles. The van der Waals surface area contributed by atoms with Crippen LogP contribution in [0.3, 0.4) is 0 Å². The molecule has 0 bridgehead atoms. The van der Waals surface area contributed by atoms with Crippen molar-refractivity contribution in [3.05, 3.63) is 24.3 Å². The molecule has 120 valence electrons. The van der Waals surface area contributed by atoms with Crippen molar-refractivity contribution in [1.29, 1.82) is 0 Å². The van der Waals surface area contributed by atoms with E-state index in [4.69, 9.17) is 0 Å². The second kappa shape index (κ2) is 7.80. The van der Waals surface area contributed by atoms with Gasteiger partial charge in [-0.05, 0) is 38.3 Å². The van der Waals surface area contributed by atoms with Crippen LogP contribution in [0.25, 0.3) is 0 Å². The SMILES string of the molecule is CCCNc1ccccc1S(=O)(=O)N(CC(C)C)C(C)C. The van der Waals surface area contributed by atoms with Crippen molar-refractivity contribution in [2.24, 2.45) is 5.92 Å². The van der Waals surface area contributed by atoms with E-state index in [-0.39, 0.29) is 12.0 Å². The van der Waals surface area contributed by atoms with Crippen LogP contribution >= 0.6 is 0 Å². The average molecular weight is 312 g/mol. The molecule has 1 rings (SSSR count). The van der Waals surface area contributed by atoms with E-state index >= 15 is 0 Å². The molecule has 1 aromatic carbocycles. The Morgan fingerprint density at radius 1 is 1.14 bits per heavy atom. The van der Waals surface area contributed by atoms with E-state index in [9.17, 15) is 8.42 Å². The average Bonchev–Trinajstić information content (AvgIpc) is 2.42. The molecule has 0 fully saturated rings. The van der Waals surface area contributed by atoms with Crippen molar-refractivity contribution in [3.63, 3.8) is 0 Å². The molecule has 0 aliphatic rings. The first-order valence-corrected chi connectivity index (χ1v) is 9.09. The van der Waals surface area contributed by atoms with Crippen LogP contribution in [0.1, 0.15) is 41.0 Å². The molecule has 0 aliphatic heterocycles. The highest BCUT2D eigenvalue weighted by Gasteiger charge is 2.29. The Morgan fingerprint density at radius 2 is 1.76 bits per heavy atom. The normalized spacial score (nSPS) is 12.4. The summed E-state index contributed by atoms with van der Waals surface area (Å²) in [5.41, 5.74) is 0.689. The van der Waals surface area contributed by atoms with Crippen molar-refractivity contribution in [2.75, 3.05) is 18.4 Å². The number of rotatable bonds is 8. The molecule has 4 nitrogen and oxygen atoms in total. The fourth-order valence-corrected chi connectivity index (χ4v) is 4.14. The van der Waals surface area contributed by atoms with Gasteiger partial charge in [0.1, 0.15) is 4.90 Å². The minimum atomic E-state index is -3.49. The zero-order valence-electron chi connectivity index (χ0n) is 13.8. The van der Waals surface area contributed by atoms with Crippen molar-refractivity contribution in [3.8, 4) is 0 Å². The summed E-state index contributed by atoms with van der Waals surface area (Å²) in [6.07, 6.45) is 0.953. The van der Waals surface area contributed by atoms with E-state index in [0.717, 1.165) is 13.0 Å². The molecular formula is C16H28N2O2S. The molecule has 5 heteroatoms.